The summed E-state index contributed by atoms with van der Waals surface area (Å²) in [6, 6.07) is 11.3. The number of hydrogen-bond donors (Lipinski definition) is 2. The summed E-state index contributed by atoms with van der Waals surface area (Å²) in [5.41, 5.74) is 12.2. The molecule has 0 atom stereocenters. The van der Waals surface area contributed by atoms with Crippen LogP contribution in [-0.2, 0) is 0 Å². The van der Waals surface area contributed by atoms with Crippen molar-refractivity contribution in [2.45, 2.75) is 0 Å². The summed E-state index contributed by atoms with van der Waals surface area (Å²) >= 11 is 5.85. The minimum absolute atomic E-state index is 0.0733. The van der Waals surface area contributed by atoms with E-state index in [0.717, 1.165) is 11.4 Å². The predicted octanol–water partition coefficient (Wildman–Crippen LogP) is 1.74. The van der Waals surface area contributed by atoms with E-state index in [1.807, 2.05) is 47.2 Å². The molecule has 0 spiro atoms. The van der Waals surface area contributed by atoms with E-state index in [4.69, 9.17) is 23.1 Å². The van der Waals surface area contributed by atoms with Crippen molar-refractivity contribution in [3.05, 3.63) is 53.3 Å². The van der Waals surface area contributed by atoms with Gasteiger partial charge in [0.2, 0.25) is 5.96 Å². The van der Waals surface area contributed by atoms with Gasteiger partial charge >= 0.3 is 0 Å². The van der Waals surface area contributed by atoms with E-state index in [0.29, 0.717) is 5.02 Å². The van der Waals surface area contributed by atoms with Crippen molar-refractivity contribution in [2.24, 2.45) is 21.7 Å². The van der Waals surface area contributed by atoms with Crippen molar-refractivity contribution in [1.82, 2.24) is 4.57 Å². The molecule has 0 saturated heterocycles. The van der Waals surface area contributed by atoms with E-state index in [2.05, 4.69) is 10.2 Å². The van der Waals surface area contributed by atoms with Crippen LogP contribution in [0.5, 0.6) is 0 Å². The number of benzene rings is 1. The lowest BCUT2D eigenvalue weighted by Gasteiger charge is -2.05. The quantitative estimate of drug-likeness (QED) is 0.503. The molecule has 5 nitrogen and oxygen atoms in total. The average molecular weight is 266 g/mol. The van der Waals surface area contributed by atoms with Crippen molar-refractivity contribution in [1.29, 1.82) is 0 Å². The summed E-state index contributed by atoms with van der Waals surface area (Å²) in [6.45, 7) is 0. The molecule has 0 saturated carbocycles. The summed E-state index contributed by atoms with van der Waals surface area (Å²) in [5, 5.41) is 8.03. The standard InChI is InChI=1S/C12H12ClN5/c13-9-3-5-10(6-4-9)18-7-1-2-11(18)8-16-17-12(14)15/h1-8H,(H4,14,15,17)/b16-8-/i1+1,2+1,7+1,11+1. The lowest BCUT2D eigenvalue weighted by molar-refractivity contribution is 1.06. The van der Waals surface area contributed by atoms with Crippen LogP contribution in [-0.4, -0.2) is 16.7 Å². The summed E-state index contributed by atoms with van der Waals surface area (Å²) < 4.78 is 1.95. The van der Waals surface area contributed by atoms with E-state index in [-0.39, 0.29) is 5.96 Å². The number of halogens is 1. The molecule has 0 radical (unpaired) electrons. The van der Waals surface area contributed by atoms with Crippen LogP contribution in [0.3, 0.4) is 0 Å². The fraction of sp³-hybridized carbons (Fsp3) is 0. The molecule has 0 fully saturated rings. The van der Waals surface area contributed by atoms with Crippen LogP contribution in [0, 0.1) is 0 Å². The van der Waals surface area contributed by atoms with Gasteiger partial charge in [0.15, 0.2) is 0 Å². The maximum Gasteiger partial charge on any atom is 0.211 e. The Morgan fingerprint density at radius 3 is 2.56 bits per heavy atom. The molecule has 0 aliphatic rings. The highest BCUT2D eigenvalue weighted by Crippen LogP contribution is 2.15. The SMILES string of the molecule is NC(N)=N/N=C\[13c]1[13cH][13cH][13cH]n1-c1ccc(Cl)cc1. The second-order valence-corrected chi connectivity index (χ2v) is 3.99. The van der Waals surface area contributed by atoms with Crippen molar-refractivity contribution in [3.8, 4) is 5.69 Å². The summed E-state index contributed by atoms with van der Waals surface area (Å²) in [6.07, 6.45) is 3.49. The van der Waals surface area contributed by atoms with E-state index < -0.39 is 0 Å². The first-order valence-electron chi connectivity index (χ1n) is 5.22. The normalized spacial score (nSPS) is 10.7. The summed E-state index contributed by atoms with van der Waals surface area (Å²) in [5.74, 6) is -0.0733. The third-order valence-corrected chi connectivity index (χ3v) is 2.50. The highest BCUT2D eigenvalue weighted by molar-refractivity contribution is 6.30. The molecule has 2 rings (SSSR count). The van der Waals surface area contributed by atoms with Crippen molar-refractivity contribution >= 4 is 23.8 Å². The number of nitrogens with two attached hydrogens (primary N) is 2. The Kier molecular flexibility index (Phi) is 3.64. The van der Waals surface area contributed by atoms with Gasteiger partial charge in [-0.3, -0.25) is 0 Å². The van der Waals surface area contributed by atoms with Gasteiger partial charge in [-0.15, -0.1) is 5.10 Å². The largest absolute Gasteiger partial charge is 0.369 e. The zero-order chi connectivity index (χ0) is 13.0. The first-order valence-corrected chi connectivity index (χ1v) is 5.60. The smallest absolute Gasteiger partial charge is 0.211 e. The van der Waals surface area contributed by atoms with E-state index in [9.17, 15) is 0 Å². The number of hydrogen-bond acceptors (Lipinski definition) is 2. The van der Waals surface area contributed by atoms with Gasteiger partial charge in [0.25, 0.3) is 0 Å². The van der Waals surface area contributed by atoms with E-state index in [1.165, 1.54) is 0 Å². The molecule has 6 heteroatoms. The van der Waals surface area contributed by atoms with Crippen molar-refractivity contribution < 1.29 is 0 Å². The summed E-state index contributed by atoms with van der Waals surface area (Å²) in [7, 11) is 0. The minimum atomic E-state index is -0.0733. The zero-order valence-corrected chi connectivity index (χ0v) is 10.2. The first-order chi connectivity index (χ1) is 8.66. The third-order valence-electron chi connectivity index (χ3n) is 2.25. The molecule has 2 aromatic rings. The van der Waals surface area contributed by atoms with Gasteiger partial charge in [-0.2, -0.15) is 5.10 Å². The Morgan fingerprint density at radius 2 is 1.89 bits per heavy atom. The fourth-order valence-electron chi connectivity index (χ4n) is 1.49. The van der Waals surface area contributed by atoms with Crippen LogP contribution in [0.1, 0.15) is 5.69 Å². The number of nitrogens with zero attached hydrogens (tertiary/aromatic N) is 3. The Bertz CT molecular complexity index is 579. The van der Waals surface area contributed by atoms with Crippen LogP contribution in [0.2, 0.25) is 5.02 Å². The lowest BCUT2D eigenvalue weighted by atomic mass is 10.3. The average Bonchev–Trinajstić information content (AvgIpc) is 2.78. The molecule has 0 bridgehead atoms. The molecule has 4 N–H and O–H groups in total. The van der Waals surface area contributed by atoms with Crippen LogP contribution in [0.25, 0.3) is 5.69 Å². The molecule has 1 heterocycles. The van der Waals surface area contributed by atoms with Gasteiger partial charge in [0.05, 0.1) is 11.9 Å². The highest BCUT2D eigenvalue weighted by Gasteiger charge is 2.00. The molecule has 18 heavy (non-hydrogen) atoms. The Morgan fingerprint density at radius 1 is 1.17 bits per heavy atom. The molecule has 1 aromatic carbocycles. The maximum atomic E-state index is 5.85. The highest BCUT2D eigenvalue weighted by atomic mass is 35.5. The van der Waals surface area contributed by atoms with Gasteiger partial charge in [-0.05, 0) is 36.4 Å². The Labute approximate surface area is 109 Å². The molecule has 0 amide bonds. The fourth-order valence-corrected chi connectivity index (χ4v) is 1.62. The van der Waals surface area contributed by atoms with Crippen molar-refractivity contribution in [2.75, 3.05) is 0 Å². The number of aromatic nitrogens is 1. The lowest BCUT2D eigenvalue weighted by Crippen LogP contribution is -2.21. The van der Waals surface area contributed by atoms with Crippen LogP contribution in [0.15, 0.2) is 52.8 Å². The van der Waals surface area contributed by atoms with Crippen LogP contribution in [0.4, 0.5) is 0 Å². The second kappa shape index (κ2) is 5.37. The molecule has 1 aromatic heterocycles. The van der Waals surface area contributed by atoms with Gasteiger partial charge in [0, 0.05) is 16.9 Å². The molecule has 0 aliphatic carbocycles. The molecular formula is C12H12ClN5. The van der Waals surface area contributed by atoms with Crippen LogP contribution < -0.4 is 11.5 Å². The predicted molar refractivity (Wildman–Crippen MR) is 74.2 cm³/mol. The molecular weight excluding hydrogens is 254 g/mol. The second-order valence-electron chi connectivity index (χ2n) is 3.55. The van der Waals surface area contributed by atoms with Crippen LogP contribution >= 0.6 is 11.6 Å². The molecule has 0 aliphatic heterocycles. The van der Waals surface area contributed by atoms with Gasteiger partial charge in [-0.1, -0.05) is 11.6 Å². The maximum absolute atomic E-state index is 5.85. The van der Waals surface area contributed by atoms with E-state index in [1.54, 1.807) is 6.21 Å². The molecule has 0 unspecified atom stereocenters. The topological polar surface area (TPSA) is 81.7 Å². The van der Waals surface area contributed by atoms with Gasteiger partial charge < -0.3 is 16.0 Å². The Balaban J connectivity index is 2.30. The van der Waals surface area contributed by atoms with Crippen molar-refractivity contribution in [3.63, 3.8) is 0 Å². The zero-order valence-electron chi connectivity index (χ0n) is 9.49. The third kappa shape index (κ3) is 2.89. The first kappa shape index (κ1) is 12.2. The summed E-state index contributed by atoms with van der Waals surface area (Å²) in [4.78, 5) is 0. The number of rotatable bonds is 3. The van der Waals surface area contributed by atoms with E-state index >= 15 is 0 Å². The monoisotopic (exact) mass is 265 g/mol. The van der Waals surface area contributed by atoms with Gasteiger partial charge in [-0.25, -0.2) is 0 Å². The Hall–Kier alpha value is -2.27. The number of guanidine groups is 1. The van der Waals surface area contributed by atoms with Gasteiger partial charge in [0.1, 0.15) is 0 Å². The molecule has 92 valence electrons. The minimum Gasteiger partial charge on any atom is -0.369 e.